The molecule has 0 unspecified atom stereocenters. The summed E-state index contributed by atoms with van der Waals surface area (Å²) in [6, 6.07) is 9.57. The van der Waals surface area contributed by atoms with E-state index < -0.39 is 16.2 Å². The maximum atomic E-state index is 12.2. The molecule has 108 valence electrons. The van der Waals surface area contributed by atoms with E-state index in [0.717, 1.165) is 16.2 Å². The average molecular weight is 286 g/mol. The Balaban J connectivity index is 2.37. The second-order valence-electron chi connectivity index (χ2n) is 4.80. The van der Waals surface area contributed by atoms with E-state index in [2.05, 4.69) is 0 Å². The molecule has 2 aromatic rings. The molecule has 0 bridgehead atoms. The number of pyridine rings is 1. The highest BCUT2D eigenvalue weighted by molar-refractivity contribution is 5.95. The van der Waals surface area contributed by atoms with Crippen molar-refractivity contribution >= 4 is 11.5 Å². The van der Waals surface area contributed by atoms with Crippen LogP contribution in [0.15, 0.2) is 41.2 Å². The predicted molar refractivity (Wildman–Crippen MR) is 77.6 cm³/mol. The van der Waals surface area contributed by atoms with Crippen LogP contribution >= 0.6 is 0 Å². The third-order valence-electron chi connectivity index (χ3n) is 3.24. The van der Waals surface area contributed by atoms with Crippen molar-refractivity contribution in [3.63, 3.8) is 0 Å². The summed E-state index contributed by atoms with van der Waals surface area (Å²) in [5, 5.41) is 10.8. The molecule has 0 fully saturated rings. The molecule has 0 aliphatic carbocycles. The van der Waals surface area contributed by atoms with E-state index in [1.54, 1.807) is 31.2 Å². The van der Waals surface area contributed by atoms with Crippen molar-refractivity contribution in [2.24, 2.45) is 0 Å². The standard InChI is InChI=1S/C15H14N2O4/c1-10-3-6-12(7-4-10)14(18)9-16-11(2)5-8-13(15(16)19)17(20)21/h3-8H,9H2,1-2H3. The van der Waals surface area contributed by atoms with Crippen molar-refractivity contribution < 1.29 is 9.72 Å². The van der Waals surface area contributed by atoms with Gasteiger partial charge in [-0.15, -0.1) is 0 Å². The van der Waals surface area contributed by atoms with Gasteiger partial charge in [-0.1, -0.05) is 29.8 Å². The summed E-state index contributed by atoms with van der Waals surface area (Å²) in [6.07, 6.45) is 0. The molecule has 0 spiro atoms. The van der Waals surface area contributed by atoms with E-state index in [-0.39, 0.29) is 12.3 Å². The van der Waals surface area contributed by atoms with Crippen LogP contribution in [0.3, 0.4) is 0 Å². The van der Waals surface area contributed by atoms with Gasteiger partial charge in [-0.05, 0) is 19.9 Å². The fraction of sp³-hybridized carbons (Fsp3) is 0.200. The van der Waals surface area contributed by atoms with Gasteiger partial charge in [0.25, 0.3) is 0 Å². The maximum absolute atomic E-state index is 12.2. The van der Waals surface area contributed by atoms with Crippen LogP contribution in [0.1, 0.15) is 21.6 Å². The van der Waals surface area contributed by atoms with Gasteiger partial charge >= 0.3 is 11.2 Å². The lowest BCUT2D eigenvalue weighted by Gasteiger charge is -2.09. The monoisotopic (exact) mass is 286 g/mol. The molecular weight excluding hydrogens is 272 g/mol. The van der Waals surface area contributed by atoms with E-state index in [9.17, 15) is 19.7 Å². The smallest absolute Gasteiger partial charge is 0.299 e. The minimum Gasteiger partial charge on any atom is -0.299 e. The summed E-state index contributed by atoms with van der Waals surface area (Å²) in [5.74, 6) is -0.263. The minimum atomic E-state index is -0.763. The number of nitro groups is 1. The zero-order valence-electron chi connectivity index (χ0n) is 11.7. The van der Waals surface area contributed by atoms with E-state index in [1.807, 2.05) is 6.92 Å². The zero-order chi connectivity index (χ0) is 15.6. The van der Waals surface area contributed by atoms with Crippen LogP contribution in [0.4, 0.5) is 5.69 Å². The minimum absolute atomic E-state index is 0.213. The van der Waals surface area contributed by atoms with Crippen LogP contribution in [0.5, 0.6) is 0 Å². The fourth-order valence-corrected chi connectivity index (χ4v) is 1.97. The first-order valence-electron chi connectivity index (χ1n) is 6.35. The van der Waals surface area contributed by atoms with Crippen LogP contribution in [0.2, 0.25) is 0 Å². The lowest BCUT2D eigenvalue weighted by molar-refractivity contribution is -0.386. The number of Topliss-reactive ketones (excluding diaryl/α,β-unsaturated/α-hetero) is 1. The van der Waals surface area contributed by atoms with Crippen molar-refractivity contribution in [1.29, 1.82) is 0 Å². The molecule has 0 aliphatic heterocycles. The van der Waals surface area contributed by atoms with Crippen LogP contribution in [0, 0.1) is 24.0 Å². The summed E-state index contributed by atoms with van der Waals surface area (Å²) in [7, 11) is 0. The van der Waals surface area contributed by atoms with E-state index in [0.29, 0.717) is 11.3 Å². The van der Waals surface area contributed by atoms with Gasteiger partial charge in [0.15, 0.2) is 5.78 Å². The molecule has 6 nitrogen and oxygen atoms in total. The number of nitrogens with zero attached hydrogens (tertiary/aromatic N) is 2. The van der Waals surface area contributed by atoms with Crippen molar-refractivity contribution in [1.82, 2.24) is 4.57 Å². The lowest BCUT2D eigenvalue weighted by Crippen LogP contribution is -2.27. The number of ketones is 1. The first kappa shape index (κ1) is 14.6. The topological polar surface area (TPSA) is 82.2 Å². The summed E-state index contributed by atoms with van der Waals surface area (Å²) in [4.78, 5) is 34.2. The molecule has 0 N–H and O–H groups in total. The molecule has 6 heteroatoms. The molecule has 1 aromatic carbocycles. The number of aryl methyl sites for hydroxylation is 2. The summed E-state index contributed by atoms with van der Waals surface area (Å²) in [5.41, 5.74) is 0.706. The van der Waals surface area contributed by atoms with Gasteiger partial charge in [-0.25, -0.2) is 0 Å². The highest BCUT2D eigenvalue weighted by Crippen LogP contribution is 2.09. The predicted octanol–water partition coefficient (Wildman–Crippen LogP) is 2.26. The van der Waals surface area contributed by atoms with Crippen molar-refractivity contribution in [3.8, 4) is 0 Å². The Morgan fingerprint density at radius 3 is 2.33 bits per heavy atom. The average Bonchev–Trinajstić information content (AvgIpc) is 2.43. The molecule has 0 saturated carbocycles. The first-order chi connectivity index (χ1) is 9.90. The molecule has 0 saturated heterocycles. The van der Waals surface area contributed by atoms with Gasteiger partial charge < -0.3 is 0 Å². The maximum Gasteiger partial charge on any atom is 0.334 e. The van der Waals surface area contributed by atoms with E-state index in [1.165, 1.54) is 6.07 Å². The van der Waals surface area contributed by atoms with Crippen LogP contribution in [-0.4, -0.2) is 15.3 Å². The Kier molecular flexibility index (Phi) is 3.98. The van der Waals surface area contributed by atoms with Crippen LogP contribution < -0.4 is 5.56 Å². The van der Waals surface area contributed by atoms with E-state index >= 15 is 0 Å². The number of carbonyl (C=O) groups is 1. The van der Waals surface area contributed by atoms with Gasteiger partial charge in [-0.3, -0.25) is 24.3 Å². The number of aromatic nitrogens is 1. The largest absolute Gasteiger partial charge is 0.334 e. The second-order valence-corrected chi connectivity index (χ2v) is 4.80. The molecule has 0 radical (unpaired) electrons. The fourth-order valence-electron chi connectivity index (χ4n) is 1.97. The van der Waals surface area contributed by atoms with Gasteiger partial charge in [-0.2, -0.15) is 0 Å². The van der Waals surface area contributed by atoms with Crippen molar-refractivity contribution in [3.05, 3.63) is 73.7 Å². The molecule has 0 amide bonds. The molecule has 0 atom stereocenters. The molecule has 1 aromatic heterocycles. The molecule has 2 rings (SSSR count). The van der Waals surface area contributed by atoms with Crippen molar-refractivity contribution in [2.45, 2.75) is 20.4 Å². The summed E-state index contributed by atoms with van der Waals surface area (Å²) in [6.45, 7) is 3.33. The second kappa shape index (κ2) is 5.70. The Morgan fingerprint density at radius 1 is 1.14 bits per heavy atom. The molecule has 0 aliphatic rings. The number of rotatable bonds is 4. The quantitative estimate of drug-likeness (QED) is 0.490. The Labute approximate surface area is 120 Å². The highest BCUT2D eigenvalue weighted by Gasteiger charge is 2.17. The Hall–Kier alpha value is -2.76. The first-order valence-corrected chi connectivity index (χ1v) is 6.35. The third-order valence-corrected chi connectivity index (χ3v) is 3.24. The zero-order valence-corrected chi connectivity index (χ0v) is 11.7. The molecule has 1 heterocycles. The number of hydrogen-bond donors (Lipinski definition) is 0. The van der Waals surface area contributed by atoms with Gasteiger partial charge in [0.05, 0.1) is 11.5 Å². The number of benzene rings is 1. The lowest BCUT2D eigenvalue weighted by atomic mass is 10.1. The van der Waals surface area contributed by atoms with Crippen LogP contribution in [-0.2, 0) is 6.54 Å². The van der Waals surface area contributed by atoms with Gasteiger partial charge in [0.1, 0.15) is 0 Å². The number of hydrogen-bond acceptors (Lipinski definition) is 4. The van der Waals surface area contributed by atoms with E-state index in [4.69, 9.17) is 0 Å². The molecular formula is C15H14N2O4. The SMILES string of the molecule is Cc1ccc(C(=O)Cn2c(C)ccc([N+](=O)[O-])c2=O)cc1. The molecule has 21 heavy (non-hydrogen) atoms. The van der Waals surface area contributed by atoms with Crippen molar-refractivity contribution in [2.75, 3.05) is 0 Å². The third kappa shape index (κ3) is 3.05. The summed E-state index contributed by atoms with van der Waals surface area (Å²) < 4.78 is 1.13. The summed E-state index contributed by atoms with van der Waals surface area (Å²) >= 11 is 0. The Bertz CT molecular complexity index is 760. The number of carbonyl (C=O) groups excluding carboxylic acids is 1. The normalized spacial score (nSPS) is 10.4. The van der Waals surface area contributed by atoms with Crippen LogP contribution in [0.25, 0.3) is 0 Å². The van der Waals surface area contributed by atoms with Gasteiger partial charge in [0.2, 0.25) is 0 Å². The highest BCUT2D eigenvalue weighted by atomic mass is 16.6. The van der Waals surface area contributed by atoms with Gasteiger partial charge in [0, 0.05) is 17.3 Å². The Morgan fingerprint density at radius 2 is 1.76 bits per heavy atom.